The summed E-state index contributed by atoms with van der Waals surface area (Å²) < 4.78 is 0. The van der Waals surface area contributed by atoms with E-state index in [0.29, 0.717) is 24.0 Å². The zero-order valence-electron chi connectivity index (χ0n) is 12.1. The number of nitrogens with one attached hydrogen (secondary N) is 1. The third-order valence-corrected chi connectivity index (χ3v) is 5.55. The van der Waals surface area contributed by atoms with Crippen molar-refractivity contribution in [2.45, 2.75) is 31.2 Å². The molecule has 0 bridgehead atoms. The second-order valence-corrected chi connectivity index (χ2v) is 6.79. The third-order valence-electron chi connectivity index (χ3n) is 4.54. The Hall–Kier alpha value is -1.89. The van der Waals surface area contributed by atoms with Gasteiger partial charge in [0.1, 0.15) is 6.04 Å². The fourth-order valence-electron chi connectivity index (χ4n) is 3.40. The van der Waals surface area contributed by atoms with Crippen LogP contribution in [0, 0.1) is 0 Å². The van der Waals surface area contributed by atoms with E-state index in [0.717, 1.165) is 18.6 Å². The van der Waals surface area contributed by atoms with Crippen LogP contribution in [0.4, 0.5) is 0 Å². The van der Waals surface area contributed by atoms with Crippen molar-refractivity contribution in [2.24, 2.45) is 0 Å². The quantitative estimate of drug-likeness (QED) is 0.936. The first kappa shape index (κ1) is 13.8. The minimum absolute atomic E-state index is 0.0482. The molecule has 114 valence electrons. The van der Waals surface area contributed by atoms with Crippen molar-refractivity contribution in [3.63, 3.8) is 0 Å². The van der Waals surface area contributed by atoms with Gasteiger partial charge in [-0.3, -0.25) is 4.79 Å². The number of tetrazole rings is 1. The molecule has 0 saturated carbocycles. The molecular formula is C15H17N5OS. The number of aromatic nitrogens is 4. The summed E-state index contributed by atoms with van der Waals surface area (Å²) in [5, 5.41) is 14.2. The minimum atomic E-state index is -0.0482. The molecule has 1 aliphatic carbocycles. The Morgan fingerprint density at radius 2 is 2.32 bits per heavy atom. The molecule has 1 saturated heterocycles. The Bertz CT molecular complexity index is 674. The van der Waals surface area contributed by atoms with Gasteiger partial charge in [-0.2, -0.15) is 5.21 Å². The Morgan fingerprint density at radius 1 is 1.41 bits per heavy atom. The minimum Gasteiger partial charge on any atom is -0.322 e. The first-order chi connectivity index (χ1) is 10.8. The largest absolute Gasteiger partial charge is 0.322 e. The highest BCUT2D eigenvalue weighted by atomic mass is 32.2. The van der Waals surface area contributed by atoms with Crippen LogP contribution < -0.4 is 0 Å². The Morgan fingerprint density at radius 3 is 3.18 bits per heavy atom. The SMILES string of the molecule is O=C(CC1CCc2ccccc21)N1CSCC1c1nn[nH]n1. The molecule has 1 aliphatic heterocycles. The maximum Gasteiger partial charge on any atom is 0.224 e. The van der Waals surface area contributed by atoms with Gasteiger partial charge in [0.25, 0.3) is 0 Å². The average Bonchev–Trinajstić information content (AvgIpc) is 3.27. The van der Waals surface area contributed by atoms with Gasteiger partial charge in [-0.05, 0) is 29.9 Å². The number of amides is 1. The monoisotopic (exact) mass is 315 g/mol. The third kappa shape index (κ3) is 2.39. The molecule has 7 heteroatoms. The van der Waals surface area contributed by atoms with Crippen molar-refractivity contribution in [2.75, 3.05) is 11.6 Å². The van der Waals surface area contributed by atoms with Crippen LogP contribution in [0.15, 0.2) is 24.3 Å². The summed E-state index contributed by atoms with van der Waals surface area (Å²) in [4.78, 5) is 14.6. The van der Waals surface area contributed by atoms with Gasteiger partial charge in [-0.25, -0.2) is 0 Å². The van der Waals surface area contributed by atoms with Crippen LogP contribution in [-0.2, 0) is 11.2 Å². The van der Waals surface area contributed by atoms with Gasteiger partial charge < -0.3 is 4.90 Å². The van der Waals surface area contributed by atoms with Gasteiger partial charge >= 0.3 is 0 Å². The number of hydrogen-bond donors (Lipinski definition) is 1. The van der Waals surface area contributed by atoms with Gasteiger partial charge in [-0.1, -0.05) is 29.5 Å². The number of aromatic amines is 1. The summed E-state index contributed by atoms with van der Waals surface area (Å²) in [6, 6.07) is 8.43. The Labute approximate surface area is 132 Å². The lowest BCUT2D eigenvalue weighted by atomic mass is 9.97. The summed E-state index contributed by atoms with van der Waals surface area (Å²) in [7, 11) is 0. The predicted octanol–water partition coefficient (Wildman–Crippen LogP) is 1.89. The molecule has 22 heavy (non-hydrogen) atoms. The van der Waals surface area contributed by atoms with E-state index in [-0.39, 0.29) is 11.9 Å². The lowest BCUT2D eigenvalue weighted by Gasteiger charge is -2.23. The molecule has 1 fully saturated rings. The van der Waals surface area contributed by atoms with E-state index < -0.39 is 0 Å². The molecule has 2 aromatic rings. The van der Waals surface area contributed by atoms with Gasteiger partial charge in [-0.15, -0.1) is 22.0 Å². The van der Waals surface area contributed by atoms with Crippen molar-refractivity contribution >= 4 is 17.7 Å². The van der Waals surface area contributed by atoms with Crippen LogP contribution in [0.25, 0.3) is 0 Å². The molecule has 1 aromatic carbocycles. The smallest absolute Gasteiger partial charge is 0.224 e. The van der Waals surface area contributed by atoms with Crippen molar-refractivity contribution in [3.05, 3.63) is 41.2 Å². The zero-order chi connectivity index (χ0) is 14.9. The van der Waals surface area contributed by atoms with Crippen molar-refractivity contribution in [3.8, 4) is 0 Å². The lowest BCUT2D eigenvalue weighted by molar-refractivity contribution is -0.132. The number of carbonyl (C=O) groups excluding carboxylic acids is 1. The summed E-state index contributed by atoms with van der Waals surface area (Å²) in [5.41, 5.74) is 2.74. The van der Waals surface area contributed by atoms with E-state index in [4.69, 9.17) is 0 Å². The molecular weight excluding hydrogens is 298 g/mol. The predicted molar refractivity (Wildman–Crippen MR) is 83.2 cm³/mol. The second kappa shape index (κ2) is 5.72. The van der Waals surface area contributed by atoms with Gasteiger partial charge in [0.05, 0.1) is 5.88 Å². The Balaban J connectivity index is 1.49. The maximum atomic E-state index is 12.7. The van der Waals surface area contributed by atoms with Crippen LogP contribution in [0.5, 0.6) is 0 Å². The van der Waals surface area contributed by atoms with Crippen molar-refractivity contribution in [1.82, 2.24) is 25.5 Å². The number of rotatable bonds is 3. The number of aryl methyl sites for hydroxylation is 1. The number of carbonyl (C=O) groups is 1. The number of nitrogens with zero attached hydrogens (tertiary/aromatic N) is 4. The molecule has 6 nitrogen and oxygen atoms in total. The second-order valence-electron chi connectivity index (χ2n) is 5.79. The molecule has 1 aromatic heterocycles. The lowest BCUT2D eigenvalue weighted by Crippen LogP contribution is -2.32. The van der Waals surface area contributed by atoms with Gasteiger partial charge in [0.15, 0.2) is 5.82 Å². The number of thioether (sulfide) groups is 1. The topological polar surface area (TPSA) is 74.8 Å². The number of fused-ring (bicyclic) bond motifs is 1. The number of H-pyrrole nitrogens is 1. The first-order valence-corrected chi connectivity index (χ1v) is 8.67. The van der Waals surface area contributed by atoms with E-state index in [9.17, 15) is 4.79 Å². The average molecular weight is 315 g/mol. The summed E-state index contributed by atoms with van der Waals surface area (Å²) in [5.74, 6) is 2.71. The number of benzene rings is 1. The highest BCUT2D eigenvalue weighted by molar-refractivity contribution is 7.99. The number of hydrogen-bond acceptors (Lipinski definition) is 5. The van der Waals surface area contributed by atoms with Crippen LogP contribution in [0.2, 0.25) is 0 Å². The molecule has 2 unspecified atom stereocenters. The zero-order valence-corrected chi connectivity index (χ0v) is 12.9. The standard InChI is InChI=1S/C15H17N5OS/c21-14(7-11-6-5-10-3-1-2-4-12(10)11)20-9-22-8-13(20)15-16-18-19-17-15/h1-4,11,13H,5-9H2,(H,16,17,18,19). The summed E-state index contributed by atoms with van der Waals surface area (Å²) in [6.07, 6.45) is 2.72. The van der Waals surface area contributed by atoms with Gasteiger partial charge in [0, 0.05) is 12.2 Å². The van der Waals surface area contributed by atoms with Crippen molar-refractivity contribution < 1.29 is 4.79 Å². The van der Waals surface area contributed by atoms with Crippen LogP contribution >= 0.6 is 11.8 Å². The maximum absolute atomic E-state index is 12.7. The highest BCUT2D eigenvalue weighted by Gasteiger charge is 2.35. The van der Waals surface area contributed by atoms with Crippen LogP contribution in [0.3, 0.4) is 0 Å². The fraction of sp³-hybridized carbons (Fsp3) is 0.467. The van der Waals surface area contributed by atoms with Crippen LogP contribution in [-0.4, -0.2) is 43.1 Å². The van der Waals surface area contributed by atoms with E-state index in [2.05, 4.69) is 44.9 Å². The van der Waals surface area contributed by atoms with Crippen molar-refractivity contribution in [1.29, 1.82) is 0 Å². The summed E-state index contributed by atoms with van der Waals surface area (Å²) >= 11 is 1.74. The molecule has 0 spiro atoms. The molecule has 1 N–H and O–H groups in total. The molecule has 1 amide bonds. The molecule has 4 rings (SSSR count). The van der Waals surface area contributed by atoms with E-state index >= 15 is 0 Å². The molecule has 2 aliphatic rings. The van der Waals surface area contributed by atoms with Gasteiger partial charge in [0.2, 0.25) is 5.91 Å². The molecule has 0 radical (unpaired) electrons. The first-order valence-electron chi connectivity index (χ1n) is 7.51. The molecule has 2 heterocycles. The van der Waals surface area contributed by atoms with E-state index in [1.54, 1.807) is 11.8 Å². The molecule has 2 atom stereocenters. The van der Waals surface area contributed by atoms with E-state index in [1.807, 2.05) is 4.90 Å². The fourth-order valence-corrected chi connectivity index (χ4v) is 4.58. The summed E-state index contributed by atoms with van der Waals surface area (Å²) in [6.45, 7) is 0. The highest BCUT2D eigenvalue weighted by Crippen LogP contribution is 2.38. The van der Waals surface area contributed by atoms with E-state index in [1.165, 1.54) is 11.1 Å². The Kier molecular flexibility index (Phi) is 3.57. The van der Waals surface area contributed by atoms with Crippen LogP contribution in [0.1, 0.15) is 41.8 Å². The normalized spacial score (nSPS) is 23.7.